The van der Waals surface area contributed by atoms with E-state index in [1.54, 1.807) is 6.07 Å². The SMILES string of the molecule is CCN(c1ccc(C(=O)Nc2ccccc2N)cc1)C1CCN(CC(C)(C)C)CC1. The fourth-order valence-corrected chi connectivity index (χ4v) is 4.32. The Kier molecular flexibility index (Phi) is 7.03. The van der Waals surface area contributed by atoms with Gasteiger partial charge in [-0.15, -0.1) is 0 Å². The molecule has 3 rings (SSSR count). The van der Waals surface area contributed by atoms with Crippen LogP contribution < -0.4 is 16.0 Å². The van der Waals surface area contributed by atoms with Crippen molar-refractivity contribution in [2.75, 3.05) is 42.1 Å². The Labute approximate surface area is 181 Å². The van der Waals surface area contributed by atoms with E-state index in [9.17, 15) is 4.79 Å². The first-order chi connectivity index (χ1) is 14.3. The lowest BCUT2D eigenvalue weighted by molar-refractivity contribution is 0.102. The lowest BCUT2D eigenvalue weighted by Crippen LogP contribution is -2.46. The maximum Gasteiger partial charge on any atom is 0.255 e. The molecule has 0 unspecified atom stereocenters. The number of anilines is 3. The van der Waals surface area contributed by atoms with Crippen molar-refractivity contribution < 1.29 is 4.79 Å². The lowest BCUT2D eigenvalue weighted by atomic mass is 9.93. The monoisotopic (exact) mass is 408 g/mol. The van der Waals surface area contributed by atoms with E-state index in [4.69, 9.17) is 5.73 Å². The lowest BCUT2D eigenvalue weighted by Gasteiger charge is -2.41. The predicted octanol–water partition coefficient (Wildman–Crippen LogP) is 4.86. The zero-order chi connectivity index (χ0) is 21.7. The smallest absolute Gasteiger partial charge is 0.255 e. The fraction of sp³-hybridized carbons (Fsp3) is 0.480. The van der Waals surface area contributed by atoms with Crippen LogP contribution >= 0.6 is 0 Å². The molecule has 1 saturated heterocycles. The van der Waals surface area contributed by atoms with Crippen molar-refractivity contribution in [2.45, 2.75) is 46.6 Å². The summed E-state index contributed by atoms with van der Waals surface area (Å²) in [7, 11) is 0. The van der Waals surface area contributed by atoms with Gasteiger partial charge < -0.3 is 20.9 Å². The molecule has 1 aliphatic rings. The van der Waals surface area contributed by atoms with Gasteiger partial charge in [-0.3, -0.25) is 4.79 Å². The zero-order valence-corrected chi connectivity index (χ0v) is 18.8. The number of benzene rings is 2. The first kappa shape index (κ1) is 22.2. The molecule has 0 bridgehead atoms. The summed E-state index contributed by atoms with van der Waals surface area (Å²) in [6.45, 7) is 13.6. The number of hydrogen-bond donors (Lipinski definition) is 2. The number of likely N-dealkylation sites (tertiary alicyclic amines) is 1. The van der Waals surface area contributed by atoms with Crippen LogP contribution in [0.2, 0.25) is 0 Å². The van der Waals surface area contributed by atoms with E-state index in [0.717, 1.165) is 26.2 Å². The molecule has 1 aliphatic heterocycles. The van der Waals surface area contributed by atoms with Gasteiger partial charge in [0.05, 0.1) is 11.4 Å². The first-order valence-electron chi connectivity index (χ1n) is 11.0. The van der Waals surface area contributed by atoms with E-state index >= 15 is 0 Å². The minimum Gasteiger partial charge on any atom is -0.397 e. The molecule has 5 heteroatoms. The molecule has 2 aromatic rings. The molecule has 0 radical (unpaired) electrons. The van der Waals surface area contributed by atoms with Crippen molar-refractivity contribution in [1.82, 2.24) is 4.90 Å². The van der Waals surface area contributed by atoms with Gasteiger partial charge in [-0.1, -0.05) is 32.9 Å². The molecular formula is C25H36N4O. The molecule has 0 aliphatic carbocycles. The van der Waals surface area contributed by atoms with Gasteiger partial charge in [-0.25, -0.2) is 0 Å². The molecule has 3 N–H and O–H groups in total. The van der Waals surface area contributed by atoms with Gasteiger partial charge >= 0.3 is 0 Å². The summed E-state index contributed by atoms with van der Waals surface area (Å²) in [5.41, 5.74) is 9.30. The highest BCUT2D eigenvalue weighted by atomic mass is 16.1. The summed E-state index contributed by atoms with van der Waals surface area (Å²) >= 11 is 0. The van der Waals surface area contributed by atoms with E-state index in [-0.39, 0.29) is 5.91 Å². The van der Waals surface area contributed by atoms with Crippen LogP contribution in [0.4, 0.5) is 17.1 Å². The number of piperidine rings is 1. The number of hydrogen-bond acceptors (Lipinski definition) is 4. The molecule has 0 atom stereocenters. The van der Waals surface area contributed by atoms with Crippen molar-refractivity contribution in [3.63, 3.8) is 0 Å². The van der Waals surface area contributed by atoms with Gasteiger partial charge in [0.15, 0.2) is 0 Å². The summed E-state index contributed by atoms with van der Waals surface area (Å²) < 4.78 is 0. The number of nitrogen functional groups attached to an aromatic ring is 1. The second kappa shape index (κ2) is 9.52. The Morgan fingerprint density at radius 1 is 1.10 bits per heavy atom. The average molecular weight is 409 g/mol. The maximum absolute atomic E-state index is 12.6. The molecule has 0 spiro atoms. The third-order valence-electron chi connectivity index (χ3n) is 5.71. The fourth-order valence-electron chi connectivity index (χ4n) is 4.32. The van der Waals surface area contributed by atoms with E-state index < -0.39 is 0 Å². The van der Waals surface area contributed by atoms with Crippen LogP contribution in [0.3, 0.4) is 0 Å². The third kappa shape index (κ3) is 5.76. The van der Waals surface area contributed by atoms with Crippen LogP contribution in [0.25, 0.3) is 0 Å². The van der Waals surface area contributed by atoms with Crippen LogP contribution in [0.15, 0.2) is 48.5 Å². The van der Waals surface area contributed by atoms with Crippen LogP contribution in [-0.2, 0) is 0 Å². The predicted molar refractivity (Wildman–Crippen MR) is 127 cm³/mol. The van der Waals surface area contributed by atoms with Gasteiger partial charge in [0, 0.05) is 43.5 Å². The summed E-state index contributed by atoms with van der Waals surface area (Å²) in [4.78, 5) is 17.7. The summed E-state index contributed by atoms with van der Waals surface area (Å²) in [6.07, 6.45) is 2.36. The van der Waals surface area contributed by atoms with E-state index in [2.05, 4.69) is 54.9 Å². The minimum atomic E-state index is -0.141. The van der Waals surface area contributed by atoms with Gasteiger partial charge in [0.2, 0.25) is 0 Å². The molecule has 2 aromatic carbocycles. The Balaban J connectivity index is 1.61. The van der Waals surface area contributed by atoms with Crippen LogP contribution in [0.5, 0.6) is 0 Å². The molecule has 5 nitrogen and oxygen atoms in total. The van der Waals surface area contributed by atoms with Crippen LogP contribution in [0, 0.1) is 5.41 Å². The Morgan fingerprint density at radius 3 is 2.30 bits per heavy atom. The highest BCUT2D eigenvalue weighted by Crippen LogP contribution is 2.26. The summed E-state index contributed by atoms with van der Waals surface area (Å²) in [5.74, 6) is -0.141. The number of amides is 1. The number of nitrogens with two attached hydrogens (primary N) is 1. The summed E-state index contributed by atoms with van der Waals surface area (Å²) in [5, 5.41) is 2.89. The molecule has 0 aromatic heterocycles. The normalized spacial score (nSPS) is 15.7. The summed E-state index contributed by atoms with van der Waals surface area (Å²) in [6, 6.07) is 15.8. The molecule has 0 saturated carbocycles. The van der Waals surface area contributed by atoms with Crippen molar-refractivity contribution >= 4 is 23.0 Å². The van der Waals surface area contributed by atoms with E-state index in [1.165, 1.54) is 18.5 Å². The number of nitrogens with one attached hydrogen (secondary N) is 1. The molecule has 30 heavy (non-hydrogen) atoms. The van der Waals surface area contributed by atoms with Gasteiger partial charge in [0.25, 0.3) is 5.91 Å². The Hall–Kier alpha value is -2.53. The van der Waals surface area contributed by atoms with Crippen molar-refractivity contribution in [2.24, 2.45) is 5.41 Å². The first-order valence-corrected chi connectivity index (χ1v) is 11.0. The van der Waals surface area contributed by atoms with Crippen LogP contribution in [-0.4, -0.2) is 43.0 Å². The van der Waals surface area contributed by atoms with Crippen molar-refractivity contribution in [3.05, 3.63) is 54.1 Å². The quantitative estimate of drug-likeness (QED) is 0.670. The maximum atomic E-state index is 12.6. The highest BCUT2D eigenvalue weighted by molar-refractivity contribution is 6.05. The molecule has 1 amide bonds. The zero-order valence-electron chi connectivity index (χ0n) is 18.8. The largest absolute Gasteiger partial charge is 0.397 e. The minimum absolute atomic E-state index is 0.141. The number of para-hydroxylation sites is 2. The van der Waals surface area contributed by atoms with Gasteiger partial charge in [-0.05, 0) is 61.6 Å². The molecule has 162 valence electrons. The molecule has 1 heterocycles. The molecular weight excluding hydrogens is 372 g/mol. The second-order valence-electron chi connectivity index (χ2n) is 9.44. The Morgan fingerprint density at radius 2 is 1.73 bits per heavy atom. The van der Waals surface area contributed by atoms with Crippen molar-refractivity contribution in [1.29, 1.82) is 0 Å². The van der Waals surface area contributed by atoms with Crippen molar-refractivity contribution in [3.8, 4) is 0 Å². The van der Waals surface area contributed by atoms with E-state index in [1.807, 2.05) is 30.3 Å². The Bertz CT molecular complexity index is 833. The van der Waals surface area contributed by atoms with Crippen LogP contribution in [0.1, 0.15) is 50.9 Å². The highest BCUT2D eigenvalue weighted by Gasteiger charge is 2.26. The van der Waals surface area contributed by atoms with E-state index in [0.29, 0.717) is 28.4 Å². The van der Waals surface area contributed by atoms with Gasteiger partial charge in [-0.2, -0.15) is 0 Å². The average Bonchev–Trinajstić information content (AvgIpc) is 2.71. The number of nitrogens with zero attached hydrogens (tertiary/aromatic N) is 2. The topological polar surface area (TPSA) is 61.6 Å². The van der Waals surface area contributed by atoms with Gasteiger partial charge in [0.1, 0.15) is 0 Å². The standard InChI is InChI=1S/C25H36N4O/c1-5-29(21-14-16-28(17-15-21)18-25(2,3)4)20-12-10-19(11-13-20)24(30)27-23-9-7-6-8-22(23)26/h6-13,21H,5,14-18,26H2,1-4H3,(H,27,30). The number of carbonyl (C=O) groups excluding carboxylic acids is 1. The number of rotatable bonds is 6. The molecule has 1 fully saturated rings. The third-order valence-corrected chi connectivity index (χ3v) is 5.71. The number of carbonyl (C=O) groups is 1. The second-order valence-corrected chi connectivity index (χ2v) is 9.44.